The highest BCUT2D eigenvalue weighted by atomic mass is 16.5. The number of hydrogen-bond donors (Lipinski definition) is 2. The Kier molecular flexibility index (Phi) is 4.48. The number of aromatic nitrogens is 4. The SMILES string of the molecule is COCCCN(C)C(=O)Nc1nnn[nH]1. The van der Waals surface area contributed by atoms with Crippen LogP contribution in [0.5, 0.6) is 0 Å². The molecular formula is C7H14N6O2. The predicted molar refractivity (Wildman–Crippen MR) is 52.3 cm³/mol. The second kappa shape index (κ2) is 5.91. The zero-order valence-corrected chi connectivity index (χ0v) is 8.73. The van der Waals surface area contributed by atoms with Gasteiger partial charge in [-0.05, 0) is 16.8 Å². The molecule has 15 heavy (non-hydrogen) atoms. The van der Waals surface area contributed by atoms with Crippen LogP contribution in [0.2, 0.25) is 0 Å². The lowest BCUT2D eigenvalue weighted by Crippen LogP contribution is -2.32. The van der Waals surface area contributed by atoms with E-state index in [0.29, 0.717) is 13.2 Å². The molecule has 1 aromatic rings. The molecule has 8 nitrogen and oxygen atoms in total. The molecule has 2 N–H and O–H groups in total. The van der Waals surface area contributed by atoms with Gasteiger partial charge in [0.2, 0.25) is 5.95 Å². The lowest BCUT2D eigenvalue weighted by atomic mass is 10.4. The Hall–Kier alpha value is -1.70. The minimum absolute atomic E-state index is 0.235. The summed E-state index contributed by atoms with van der Waals surface area (Å²) in [5.41, 5.74) is 0. The maximum Gasteiger partial charge on any atom is 0.323 e. The van der Waals surface area contributed by atoms with Gasteiger partial charge in [-0.2, -0.15) is 0 Å². The highest BCUT2D eigenvalue weighted by molar-refractivity contribution is 5.86. The summed E-state index contributed by atoms with van der Waals surface area (Å²) in [6, 6.07) is -0.260. The van der Waals surface area contributed by atoms with Gasteiger partial charge >= 0.3 is 6.03 Å². The Morgan fingerprint density at radius 3 is 3.07 bits per heavy atom. The van der Waals surface area contributed by atoms with Gasteiger partial charge in [-0.15, -0.1) is 0 Å². The second-order valence-corrected chi connectivity index (χ2v) is 2.95. The molecule has 0 spiro atoms. The summed E-state index contributed by atoms with van der Waals surface area (Å²) in [4.78, 5) is 13.0. The molecule has 0 aliphatic carbocycles. The monoisotopic (exact) mass is 214 g/mol. The highest BCUT2D eigenvalue weighted by Crippen LogP contribution is 1.95. The van der Waals surface area contributed by atoms with Crippen LogP contribution in [0.4, 0.5) is 10.7 Å². The number of methoxy groups -OCH3 is 1. The normalized spacial score (nSPS) is 10.0. The van der Waals surface area contributed by atoms with Crippen molar-refractivity contribution in [1.29, 1.82) is 0 Å². The van der Waals surface area contributed by atoms with E-state index in [9.17, 15) is 4.79 Å². The summed E-state index contributed by atoms with van der Waals surface area (Å²) in [6.07, 6.45) is 0.787. The van der Waals surface area contributed by atoms with Crippen LogP contribution in [-0.2, 0) is 4.74 Å². The molecule has 1 heterocycles. The Morgan fingerprint density at radius 1 is 1.67 bits per heavy atom. The number of carbonyl (C=O) groups is 1. The van der Waals surface area contributed by atoms with E-state index in [1.807, 2.05) is 0 Å². The third kappa shape index (κ3) is 3.90. The number of aromatic amines is 1. The average molecular weight is 214 g/mol. The third-order valence-corrected chi connectivity index (χ3v) is 1.76. The Balaban J connectivity index is 2.27. The molecule has 0 aliphatic heterocycles. The molecule has 84 valence electrons. The van der Waals surface area contributed by atoms with E-state index in [1.54, 1.807) is 14.2 Å². The fourth-order valence-corrected chi connectivity index (χ4v) is 0.956. The summed E-state index contributed by atoms with van der Waals surface area (Å²) in [7, 11) is 3.31. The van der Waals surface area contributed by atoms with Gasteiger partial charge in [0, 0.05) is 27.3 Å². The number of nitrogens with zero attached hydrogens (tertiary/aromatic N) is 4. The van der Waals surface area contributed by atoms with Crippen molar-refractivity contribution in [2.75, 3.05) is 32.6 Å². The Bertz CT molecular complexity index is 288. The lowest BCUT2D eigenvalue weighted by molar-refractivity contribution is 0.179. The van der Waals surface area contributed by atoms with Crippen molar-refractivity contribution in [3.8, 4) is 0 Å². The number of ether oxygens (including phenoxy) is 1. The van der Waals surface area contributed by atoms with E-state index in [-0.39, 0.29) is 12.0 Å². The Morgan fingerprint density at radius 2 is 2.47 bits per heavy atom. The molecule has 0 fully saturated rings. The molecule has 1 aromatic heterocycles. The first kappa shape index (κ1) is 11.4. The molecule has 1 rings (SSSR count). The van der Waals surface area contributed by atoms with Gasteiger partial charge in [0.1, 0.15) is 0 Å². The summed E-state index contributed by atoms with van der Waals surface area (Å²) in [5, 5.41) is 15.1. The highest BCUT2D eigenvalue weighted by Gasteiger charge is 2.09. The van der Waals surface area contributed by atoms with E-state index in [4.69, 9.17) is 4.74 Å². The largest absolute Gasteiger partial charge is 0.385 e. The third-order valence-electron chi connectivity index (χ3n) is 1.76. The molecule has 0 aliphatic rings. The molecular weight excluding hydrogens is 200 g/mol. The van der Waals surface area contributed by atoms with Crippen LogP contribution in [-0.4, -0.2) is 58.9 Å². The number of nitrogens with one attached hydrogen (secondary N) is 2. The number of hydrogen-bond acceptors (Lipinski definition) is 5. The summed E-state index contributed by atoms with van der Waals surface area (Å²) < 4.78 is 4.88. The number of amides is 2. The zero-order valence-electron chi connectivity index (χ0n) is 8.73. The van der Waals surface area contributed by atoms with Gasteiger partial charge in [-0.25, -0.2) is 9.89 Å². The van der Waals surface area contributed by atoms with Gasteiger partial charge in [0.25, 0.3) is 0 Å². The standard InChI is InChI=1S/C7H14N6O2/c1-13(4-3-5-15-2)7(14)8-6-9-11-12-10-6/h3-5H2,1-2H3,(H2,8,9,10,11,12,14). The van der Waals surface area contributed by atoms with Crippen molar-refractivity contribution in [2.45, 2.75) is 6.42 Å². The van der Waals surface area contributed by atoms with Crippen LogP contribution < -0.4 is 5.32 Å². The summed E-state index contributed by atoms with van der Waals surface area (Å²) in [6.45, 7) is 1.24. The van der Waals surface area contributed by atoms with Gasteiger partial charge < -0.3 is 9.64 Å². The van der Waals surface area contributed by atoms with Crippen molar-refractivity contribution in [1.82, 2.24) is 25.5 Å². The fraction of sp³-hybridized carbons (Fsp3) is 0.714. The first-order valence-corrected chi connectivity index (χ1v) is 4.49. The summed E-state index contributed by atoms with van der Waals surface area (Å²) >= 11 is 0. The van der Waals surface area contributed by atoms with Gasteiger partial charge in [0.15, 0.2) is 0 Å². The predicted octanol–water partition coefficient (Wildman–Crippen LogP) is -0.300. The van der Waals surface area contributed by atoms with E-state index in [1.165, 1.54) is 4.90 Å². The van der Waals surface area contributed by atoms with Crippen LogP contribution in [0.1, 0.15) is 6.42 Å². The van der Waals surface area contributed by atoms with E-state index in [2.05, 4.69) is 25.9 Å². The molecule has 0 bridgehead atoms. The Labute approximate surface area is 87.0 Å². The number of H-pyrrole nitrogens is 1. The molecule has 0 saturated heterocycles. The first-order valence-electron chi connectivity index (χ1n) is 4.49. The number of anilines is 1. The van der Waals surface area contributed by atoms with Crippen molar-refractivity contribution in [2.24, 2.45) is 0 Å². The minimum Gasteiger partial charge on any atom is -0.385 e. The number of carbonyl (C=O) groups excluding carboxylic acids is 1. The van der Waals surface area contributed by atoms with Crippen LogP contribution in [0.3, 0.4) is 0 Å². The van der Waals surface area contributed by atoms with Crippen molar-refractivity contribution in [3.63, 3.8) is 0 Å². The van der Waals surface area contributed by atoms with Gasteiger partial charge in [-0.1, -0.05) is 5.10 Å². The first-order chi connectivity index (χ1) is 7.24. The zero-order chi connectivity index (χ0) is 11.1. The maximum absolute atomic E-state index is 11.5. The van der Waals surface area contributed by atoms with Crippen molar-refractivity contribution < 1.29 is 9.53 Å². The molecule has 0 radical (unpaired) electrons. The summed E-state index contributed by atoms with van der Waals surface area (Å²) in [5.74, 6) is 0.235. The lowest BCUT2D eigenvalue weighted by Gasteiger charge is -2.16. The molecule has 0 saturated carbocycles. The number of rotatable bonds is 5. The van der Waals surface area contributed by atoms with Gasteiger partial charge in [0.05, 0.1) is 0 Å². The molecule has 0 atom stereocenters. The van der Waals surface area contributed by atoms with E-state index >= 15 is 0 Å². The molecule has 2 amide bonds. The van der Waals surface area contributed by atoms with E-state index in [0.717, 1.165) is 6.42 Å². The van der Waals surface area contributed by atoms with Crippen molar-refractivity contribution in [3.05, 3.63) is 0 Å². The van der Waals surface area contributed by atoms with Crippen LogP contribution in [0.25, 0.3) is 0 Å². The average Bonchev–Trinajstić information content (AvgIpc) is 2.70. The van der Waals surface area contributed by atoms with E-state index < -0.39 is 0 Å². The topological polar surface area (TPSA) is 96.0 Å². The smallest absolute Gasteiger partial charge is 0.323 e. The van der Waals surface area contributed by atoms with Crippen LogP contribution in [0, 0.1) is 0 Å². The van der Waals surface area contributed by atoms with Crippen LogP contribution in [0.15, 0.2) is 0 Å². The molecule has 8 heteroatoms. The van der Waals surface area contributed by atoms with Crippen LogP contribution >= 0.6 is 0 Å². The number of urea groups is 1. The van der Waals surface area contributed by atoms with Crippen molar-refractivity contribution >= 4 is 12.0 Å². The molecule has 0 unspecified atom stereocenters. The minimum atomic E-state index is -0.260. The molecule has 0 aromatic carbocycles. The fourth-order valence-electron chi connectivity index (χ4n) is 0.956. The second-order valence-electron chi connectivity index (χ2n) is 2.95. The maximum atomic E-state index is 11.5. The number of tetrazole rings is 1. The van der Waals surface area contributed by atoms with Gasteiger partial charge in [-0.3, -0.25) is 5.32 Å². The quantitative estimate of drug-likeness (QED) is 0.656.